The lowest BCUT2D eigenvalue weighted by molar-refractivity contribution is -0.0537. The van der Waals surface area contributed by atoms with Gasteiger partial charge in [-0.2, -0.15) is 4.98 Å². The Morgan fingerprint density at radius 3 is 3.06 bits per heavy atom. The van der Waals surface area contributed by atoms with Crippen LogP contribution in [0.4, 0.5) is 5.95 Å². The summed E-state index contributed by atoms with van der Waals surface area (Å²) in [6.45, 7) is 1.78. The van der Waals surface area contributed by atoms with Gasteiger partial charge in [0, 0.05) is 30.9 Å². The van der Waals surface area contributed by atoms with E-state index in [1.165, 1.54) is 0 Å². The average Bonchev–Trinajstić information content (AvgIpc) is 3.34. The Balaban J connectivity index is 1.29. The molecule has 33 heavy (non-hydrogen) atoms. The maximum atomic E-state index is 13.0. The third-order valence-electron chi connectivity index (χ3n) is 5.90. The fourth-order valence-corrected chi connectivity index (χ4v) is 5.54. The van der Waals surface area contributed by atoms with Crippen LogP contribution in [0.2, 0.25) is 0 Å². The summed E-state index contributed by atoms with van der Waals surface area (Å²) < 4.78 is 37.2. The average molecular weight is 477 g/mol. The van der Waals surface area contributed by atoms with E-state index in [0.29, 0.717) is 17.5 Å². The highest BCUT2D eigenvalue weighted by Gasteiger charge is 2.45. The van der Waals surface area contributed by atoms with Gasteiger partial charge < -0.3 is 20.1 Å². The summed E-state index contributed by atoms with van der Waals surface area (Å²) in [5, 5.41) is 11.1. The standard InChI is InChI=1S/C20H24N5O7P/c1-11-16(26)15(31-19(11)25-7-4-13-17(25)23-20(21)24-18(13)27)10-30-33(28)29-8-5-14(32-33)12-3-2-6-22-9-12/h2-4,6-7,9,11,14-16,19,26H,5,8,10H2,1H3,(H3,21,23,24,27)/t11-,14?,15?,16-,19+,33-/m0/s1. The van der Waals surface area contributed by atoms with Gasteiger partial charge in [0.05, 0.1) is 30.8 Å². The van der Waals surface area contributed by atoms with Gasteiger partial charge in [0.25, 0.3) is 5.56 Å². The Labute approximate surface area is 188 Å². The van der Waals surface area contributed by atoms with Crippen molar-refractivity contribution < 1.29 is 28.0 Å². The second kappa shape index (κ2) is 8.64. The number of ether oxygens (including phenoxy) is 1. The van der Waals surface area contributed by atoms with Crippen LogP contribution in [0.3, 0.4) is 0 Å². The summed E-state index contributed by atoms with van der Waals surface area (Å²) in [6, 6.07) is 5.20. The monoisotopic (exact) mass is 477 g/mol. The number of nitrogens with two attached hydrogens (primary N) is 1. The molecule has 0 radical (unpaired) electrons. The molecule has 0 aliphatic carbocycles. The Hall–Kier alpha value is -2.60. The van der Waals surface area contributed by atoms with Crippen molar-refractivity contribution in [1.29, 1.82) is 0 Å². The summed E-state index contributed by atoms with van der Waals surface area (Å²) in [5.41, 5.74) is 6.44. The van der Waals surface area contributed by atoms with Crippen molar-refractivity contribution in [2.75, 3.05) is 18.9 Å². The molecule has 2 aliphatic rings. The number of nitrogens with zero attached hydrogens (tertiary/aromatic N) is 3. The minimum Gasteiger partial charge on any atom is -0.390 e. The number of hydrogen-bond acceptors (Lipinski definition) is 10. The molecule has 0 saturated carbocycles. The molecule has 176 valence electrons. The molecule has 0 amide bonds. The number of aliphatic hydroxyl groups excluding tert-OH is 1. The highest BCUT2D eigenvalue weighted by atomic mass is 31.2. The molecule has 2 unspecified atom stereocenters. The Morgan fingerprint density at radius 1 is 1.42 bits per heavy atom. The number of phosphoric acid groups is 1. The molecule has 2 aliphatic heterocycles. The molecule has 0 aromatic carbocycles. The predicted molar refractivity (Wildman–Crippen MR) is 116 cm³/mol. The van der Waals surface area contributed by atoms with Crippen molar-refractivity contribution in [1.82, 2.24) is 19.5 Å². The van der Waals surface area contributed by atoms with E-state index in [9.17, 15) is 14.5 Å². The normalized spacial score (nSPS) is 32.4. The number of rotatable bonds is 5. The van der Waals surface area contributed by atoms with Crippen LogP contribution in [-0.2, 0) is 22.9 Å². The van der Waals surface area contributed by atoms with Crippen molar-refractivity contribution in [3.8, 4) is 0 Å². The number of nitrogens with one attached hydrogen (secondary N) is 1. The smallest absolute Gasteiger partial charge is 0.390 e. The zero-order chi connectivity index (χ0) is 23.2. The number of H-pyrrole nitrogens is 1. The van der Waals surface area contributed by atoms with Crippen molar-refractivity contribution in [3.63, 3.8) is 0 Å². The van der Waals surface area contributed by atoms with Gasteiger partial charge in [-0.1, -0.05) is 13.0 Å². The van der Waals surface area contributed by atoms with Crippen LogP contribution in [0.1, 0.15) is 31.2 Å². The van der Waals surface area contributed by atoms with Crippen LogP contribution < -0.4 is 11.3 Å². The van der Waals surface area contributed by atoms with Crippen LogP contribution >= 0.6 is 7.82 Å². The van der Waals surface area contributed by atoms with Gasteiger partial charge in [-0.15, -0.1) is 0 Å². The predicted octanol–water partition coefficient (Wildman–Crippen LogP) is 1.90. The Bertz CT molecular complexity index is 1250. The van der Waals surface area contributed by atoms with Gasteiger partial charge in [-0.05, 0) is 17.7 Å². The molecule has 2 saturated heterocycles. The maximum absolute atomic E-state index is 13.0. The largest absolute Gasteiger partial charge is 0.475 e. The quantitative estimate of drug-likeness (QED) is 0.462. The van der Waals surface area contributed by atoms with Gasteiger partial charge in [0.2, 0.25) is 5.95 Å². The third-order valence-corrected chi connectivity index (χ3v) is 7.37. The van der Waals surface area contributed by atoms with Gasteiger partial charge >= 0.3 is 7.82 Å². The summed E-state index contributed by atoms with van der Waals surface area (Å²) in [7, 11) is -3.87. The number of fused-ring (bicyclic) bond motifs is 1. The second-order valence-corrected chi connectivity index (χ2v) is 9.69. The molecule has 2 fully saturated rings. The molecule has 12 nitrogen and oxygen atoms in total. The van der Waals surface area contributed by atoms with E-state index in [0.717, 1.165) is 5.56 Å². The number of hydrogen-bond donors (Lipinski definition) is 3. The number of pyridine rings is 1. The molecule has 3 aromatic heterocycles. The molecule has 0 bridgehead atoms. The van der Waals surface area contributed by atoms with Crippen molar-refractivity contribution in [2.45, 2.75) is 37.9 Å². The number of aliphatic hydroxyl groups is 1. The molecule has 4 N–H and O–H groups in total. The summed E-state index contributed by atoms with van der Waals surface area (Å²) in [5.74, 6) is -0.403. The number of aromatic nitrogens is 4. The lowest BCUT2D eigenvalue weighted by atomic mass is 10.0. The first kappa shape index (κ1) is 22.2. The molecule has 13 heteroatoms. The van der Waals surface area contributed by atoms with Gasteiger partial charge in [0.15, 0.2) is 5.65 Å². The van der Waals surface area contributed by atoms with E-state index < -0.39 is 32.4 Å². The van der Waals surface area contributed by atoms with Crippen LogP contribution in [0.5, 0.6) is 0 Å². The number of aromatic amines is 1. The van der Waals surface area contributed by atoms with Gasteiger partial charge in [0.1, 0.15) is 12.3 Å². The van der Waals surface area contributed by atoms with Crippen LogP contribution in [0.25, 0.3) is 11.0 Å². The Kier molecular flexibility index (Phi) is 5.81. The van der Waals surface area contributed by atoms with Gasteiger partial charge in [-0.25, -0.2) is 4.57 Å². The lowest BCUT2D eigenvalue weighted by Crippen LogP contribution is -2.29. The van der Waals surface area contributed by atoms with E-state index in [4.69, 9.17) is 24.0 Å². The van der Waals surface area contributed by atoms with E-state index in [-0.39, 0.29) is 30.6 Å². The molecule has 5 rings (SSSR count). The zero-order valence-corrected chi connectivity index (χ0v) is 18.6. The summed E-state index contributed by atoms with van der Waals surface area (Å²) in [6.07, 6.45) is 2.59. The summed E-state index contributed by atoms with van der Waals surface area (Å²) in [4.78, 5) is 22.8. The Morgan fingerprint density at radius 2 is 2.27 bits per heavy atom. The number of phosphoric ester groups is 1. The minimum absolute atomic E-state index is 0.0219. The van der Waals surface area contributed by atoms with E-state index in [1.54, 1.807) is 42.2 Å². The first-order valence-corrected chi connectivity index (χ1v) is 12.0. The zero-order valence-electron chi connectivity index (χ0n) is 17.7. The SMILES string of the molecule is C[C@H]1[C@H](O)C(CO[P@]2(=O)OCCC(c3cccnc3)O2)O[C@H]1n1ccc2c(=O)[nH]c(N)nc21. The van der Waals surface area contributed by atoms with Crippen LogP contribution in [0, 0.1) is 5.92 Å². The molecule has 5 heterocycles. The van der Waals surface area contributed by atoms with E-state index in [1.807, 2.05) is 6.07 Å². The van der Waals surface area contributed by atoms with Crippen molar-refractivity contribution in [3.05, 3.63) is 52.7 Å². The van der Waals surface area contributed by atoms with Crippen molar-refractivity contribution in [2.24, 2.45) is 5.92 Å². The minimum atomic E-state index is -3.87. The summed E-state index contributed by atoms with van der Waals surface area (Å²) >= 11 is 0. The van der Waals surface area contributed by atoms with Gasteiger partial charge in [-0.3, -0.25) is 28.3 Å². The first-order chi connectivity index (χ1) is 15.8. The number of nitrogen functional groups attached to an aromatic ring is 1. The highest BCUT2D eigenvalue weighted by molar-refractivity contribution is 7.48. The lowest BCUT2D eigenvalue weighted by Gasteiger charge is -2.29. The second-order valence-electron chi connectivity index (χ2n) is 8.07. The highest BCUT2D eigenvalue weighted by Crippen LogP contribution is 2.57. The topological polar surface area (TPSA) is 164 Å². The maximum Gasteiger partial charge on any atom is 0.475 e. The molecule has 6 atom stereocenters. The van der Waals surface area contributed by atoms with Crippen LogP contribution in [0.15, 0.2) is 41.6 Å². The van der Waals surface area contributed by atoms with E-state index >= 15 is 0 Å². The fraction of sp³-hybridized carbons (Fsp3) is 0.450. The van der Waals surface area contributed by atoms with Crippen molar-refractivity contribution >= 4 is 24.8 Å². The molecular formula is C20H24N5O7P. The third kappa shape index (κ3) is 4.21. The van der Waals surface area contributed by atoms with E-state index in [2.05, 4.69) is 15.0 Å². The molecule has 3 aromatic rings. The molecular weight excluding hydrogens is 453 g/mol. The first-order valence-electron chi connectivity index (χ1n) is 10.5. The fourth-order valence-electron chi connectivity index (χ4n) is 4.15. The molecule has 0 spiro atoms. The van der Waals surface area contributed by atoms with Crippen LogP contribution in [-0.4, -0.2) is 50.0 Å². The number of anilines is 1.